The van der Waals surface area contributed by atoms with Crippen molar-refractivity contribution in [1.29, 1.82) is 0 Å². The van der Waals surface area contributed by atoms with E-state index in [1.165, 1.54) is 4.68 Å². The van der Waals surface area contributed by atoms with Crippen LogP contribution in [-0.2, 0) is 19.4 Å². The Hall–Kier alpha value is -4.06. The maximum absolute atomic E-state index is 13.7. The highest BCUT2D eigenvalue weighted by molar-refractivity contribution is 5.74. The lowest BCUT2D eigenvalue weighted by Crippen LogP contribution is -2.29. The molecule has 0 fully saturated rings. The molecule has 6 heteroatoms. The number of rotatable bonds is 8. The van der Waals surface area contributed by atoms with E-state index in [0.29, 0.717) is 46.7 Å². The van der Waals surface area contributed by atoms with Gasteiger partial charge in [-0.3, -0.25) is 4.79 Å². The Morgan fingerprint density at radius 2 is 1.50 bits per heavy atom. The summed E-state index contributed by atoms with van der Waals surface area (Å²) in [6.07, 6.45) is 1.23. The Bertz CT molecular complexity index is 1320. The van der Waals surface area contributed by atoms with Crippen molar-refractivity contribution in [3.63, 3.8) is 0 Å². The standard InChI is InChI=1S/C28H28N2O4/c1-19-27(24-11-7-8-12-26(24)31)25(14-13-20-9-5-4-6-10-20)28(32)30(29-19)18-21-15-22(33-2)17-23(16-21)34-3/h4-12,15-17,31H,13-14,18H2,1-3H3. The average molecular weight is 457 g/mol. The number of methoxy groups -OCH3 is 2. The summed E-state index contributed by atoms with van der Waals surface area (Å²) in [4.78, 5) is 13.7. The highest BCUT2D eigenvalue weighted by Crippen LogP contribution is 2.32. The molecular formula is C28H28N2O4. The van der Waals surface area contributed by atoms with Crippen LogP contribution in [0.25, 0.3) is 11.1 Å². The van der Waals surface area contributed by atoms with Crippen LogP contribution >= 0.6 is 0 Å². The lowest BCUT2D eigenvalue weighted by atomic mass is 9.94. The zero-order valence-electron chi connectivity index (χ0n) is 19.6. The van der Waals surface area contributed by atoms with Gasteiger partial charge in [0, 0.05) is 22.8 Å². The van der Waals surface area contributed by atoms with Crippen molar-refractivity contribution in [2.24, 2.45) is 0 Å². The van der Waals surface area contributed by atoms with E-state index in [0.717, 1.165) is 11.1 Å². The van der Waals surface area contributed by atoms with Gasteiger partial charge in [-0.25, -0.2) is 4.68 Å². The number of ether oxygens (including phenoxy) is 2. The van der Waals surface area contributed by atoms with Crippen molar-refractivity contribution in [1.82, 2.24) is 9.78 Å². The summed E-state index contributed by atoms with van der Waals surface area (Å²) in [6.45, 7) is 2.14. The molecule has 0 unspecified atom stereocenters. The molecule has 0 spiro atoms. The third-order valence-electron chi connectivity index (χ3n) is 5.85. The minimum Gasteiger partial charge on any atom is -0.507 e. The largest absolute Gasteiger partial charge is 0.507 e. The zero-order chi connectivity index (χ0) is 24.1. The smallest absolute Gasteiger partial charge is 0.270 e. The predicted molar refractivity (Wildman–Crippen MR) is 133 cm³/mol. The van der Waals surface area contributed by atoms with Crippen molar-refractivity contribution < 1.29 is 14.6 Å². The number of hydrogen-bond acceptors (Lipinski definition) is 5. The van der Waals surface area contributed by atoms with Gasteiger partial charge in [-0.15, -0.1) is 0 Å². The van der Waals surface area contributed by atoms with Gasteiger partial charge in [-0.2, -0.15) is 5.10 Å². The molecule has 0 amide bonds. The summed E-state index contributed by atoms with van der Waals surface area (Å²) in [6, 6.07) is 22.7. The van der Waals surface area contributed by atoms with Crippen molar-refractivity contribution in [2.75, 3.05) is 14.2 Å². The summed E-state index contributed by atoms with van der Waals surface area (Å²) in [7, 11) is 3.19. The second-order valence-corrected chi connectivity index (χ2v) is 8.13. The lowest BCUT2D eigenvalue weighted by molar-refractivity contribution is 0.393. The summed E-state index contributed by atoms with van der Waals surface area (Å²) in [5, 5.41) is 15.2. The molecule has 6 nitrogen and oxygen atoms in total. The van der Waals surface area contributed by atoms with Crippen LogP contribution in [0.1, 0.15) is 22.4 Å². The van der Waals surface area contributed by atoms with Gasteiger partial charge in [-0.1, -0.05) is 48.5 Å². The van der Waals surface area contributed by atoms with Crippen molar-refractivity contribution in [3.05, 3.63) is 106 Å². The fraction of sp³-hybridized carbons (Fsp3) is 0.214. The molecule has 0 atom stereocenters. The van der Waals surface area contributed by atoms with Crippen LogP contribution < -0.4 is 15.0 Å². The van der Waals surface area contributed by atoms with E-state index < -0.39 is 0 Å². The van der Waals surface area contributed by atoms with Crippen LogP contribution in [0.4, 0.5) is 0 Å². The average Bonchev–Trinajstić information content (AvgIpc) is 2.86. The SMILES string of the molecule is COc1cc(Cn2nc(C)c(-c3ccccc3O)c(CCc3ccccc3)c2=O)cc(OC)c1. The van der Waals surface area contributed by atoms with Gasteiger partial charge in [0.05, 0.1) is 26.5 Å². The Kier molecular flexibility index (Phi) is 6.97. The van der Waals surface area contributed by atoms with E-state index in [2.05, 4.69) is 17.2 Å². The summed E-state index contributed by atoms with van der Waals surface area (Å²) < 4.78 is 12.2. The number of benzene rings is 3. The number of phenolic OH excluding ortho intramolecular Hbond substituents is 1. The molecule has 1 aromatic heterocycles. The van der Waals surface area contributed by atoms with Crippen LogP contribution in [0.5, 0.6) is 17.2 Å². The fourth-order valence-corrected chi connectivity index (χ4v) is 4.18. The lowest BCUT2D eigenvalue weighted by Gasteiger charge is -2.17. The number of aryl methyl sites for hydroxylation is 2. The quantitative estimate of drug-likeness (QED) is 0.413. The molecule has 3 aromatic carbocycles. The number of phenols is 1. The molecule has 1 N–H and O–H groups in total. The highest BCUT2D eigenvalue weighted by Gasteiger charge is 2.19. The molecule has 0 bridgehead atoms. The maximum atomic E-state index is 13.7. The first kappa shape index (κ1) is 23.1. The molecule has 174 valence electrons. The third-order valence-corrected chi connectivity index (χ3v) is 5.85. The number of aromatic hydroxyl groups is 1. The van der Waals surface area contributed by atoms with E-state index in [9.17, 15) is 9.90 Å². The van der Waals surface area contributed by atoms with Gasteiger partial charge >= 0.3 is 0 Å². The van der Waals surface area contributed by atoms with Crippen LogP contribution in [0.3, 0.4) is 0 Å². The number of para-hydroxylation sites is 1. The van der Waals surface area contributed by atoms with E-state index in [1.54, 1.807) is 32.4 Å². The Labute approximate surface area is 199 Å². The number of aromatic nitrogens is 2. The van der Waals surface area contributed by atoms with Gasteiger partial charge in [0.15, 0.2) is 0 Å². The minimum atomic E-state index is -0.179. The molecular weight excluding hydrogens is 428 g/mol. The zero-order valence-corrected chi connectivity index (χ0v) is 19.6. The summed E-state index contributed by atoms with van der Waals surface area (Å²) in [5.74, 6) is 1.42. The van der Waals surface area contributed by atoms with Gasteiger partial charge in [0.2, 0.25) is 0 Å². The fourth-order valence-electron chi connectivity index (χ4n) is 4.18. The van der Waals surface area contributed by atoms with Gasteiger partial charge in [0.25, 0.3) is 5.56 Å². The van der Waals surface area contributed by atoms with Crippen molar-refractivity contribution in [3.8, 4) is 28.4 Å². The molecule has 1 heterocycles. The monoisotopic (exact) mass is 456 g/mol. The van der Waals surface area contributed by atoms with E-state index >= 15 is 0 Å². The molecule has 0 saturated heterocycles. The predicted octanol–water partition coefficient (Wildman–Crippen LogP) is 4.78. The maximum Gasteiger partial charge on any atom is 0.270 e. The number of nitrogens with zero attached hydrogens (tertiary/aromatic N) is 2. The summed E-state index contributed by atoms with van der Waals surface area (Å²) >= 11 is 0. The van der Waals surface area contributed by atoms with Gasteiger partial charge in [-0.05, 0) is 49.1 Å². The normalized spacial score (nSPS) is 10.8. The molecule has 0 aliphatic rings. The first-order valence-electron chi connectivity index (χ1n) is 11.1. The second kappa shape index (κ2) is 10.3. The number of hydrogen-bond donors (Lipinski definition) is 1. The molecule has 4 rings (SSSR count). The third kappa shape index (κ3) is 4.96. The molecule has 0 aliphatic heterocycles. The van der Waals surface area contributed by atoms with Crippen LogP contribution in [0.15, 0.2) is 77.6 Å². The Balaban J connectivity index is 1.81. The summed E-state index contributed by atoms with van der Waals surface area (Å²) in [5.41, 5.74) is 4.42. The molecule has 0 aliphatic carbocycles. The molecule has 4 aromatic rings. The first-order valence-corrected chi connectivity index (χ1v) is 11.1. The van der Waals surface area contributed by atoms with Crippen LogP contribution in [-0.4, -0.2) is 29.1 Å². The van der Waals surface area contributed by atoms with Gasteiger partial charge < -0.3 is 14.6 Å². The van der Waals surface area contributed by atoms with E-state index in [-0.39, 0.29) is 17.9 Å². The Morgan fingerprint density at radius 1 is 0.853 bits per heavy atom. The first-order chi connectivity index (χ1) is 16.5. The highest BCUT2D eigenvalue weighted by atomic mass is 16.5. The van der Waals surface area contributed by atoms with E-state index in [1.807, 2.05) is 49.4 Å². The van der Waals surface area contributed by atoms with Crippen LogP contribution in [0, 0.1) is 6.92 Å². The topological polar surface area (TPSA) is 73.6 Å². The molecule has 34 heavy (non-hydrogen) atoms. The van der Waals surface area contributed by atoms with Crippen molar-refractivity contribution in [2.45, 2.75) is 26.3 Å². The second-order valence-electron chi connectivity index (χ2n) is 8.13. The molecule has 0 radical (unpaired) electrons. The molecule has 0 saturated carbocycles. The van der Waals surface area contributed by atoms with Crippen molar-refractivity contribution >= 4 is 0 Å². The minimum absolute atomic E-state index is 0.128. The Morgan fingerprint density at radius 3 is 2.15 bits per heavy atom. The van der Waals surface area contributed by atoms with E-state index in [4.69, 9.17) is 9.47 Å². The van der Waals surface area contributed by atoms with Gasteiger partial charge in [0.1, 0.15) is 17.2 Å². The van der Waals surface area contributed by atoms with Crippen LogP contribution in [0.2, 0.25) is 0 Å².